The number of benzene rings is 2. The van der Waals surface area contributed by atoms with Crippen LogP contribution in [0.2, 0.25) is 0 Å². The van der Waals surface area contributed by atoms with Crippen LogP contribution in [-0.4, -0.2) is 40.2 Å². The number of anilines is 2. The van der Waals surface area contributed by atoms with E-state index in [4.69, 9.17) is 4.74 Å². The maximum absolute atomic E-state index is 13.5. The molecule has 4 atom stereocenters. The van der Waals surface area contributed by atoms with E-state index in [1.165, 1.54) is 18.7 Å². The van der Waals surface area contributed by atoms with Crippen LogP contribution in [0.25, 0.3) is 0 Å². The molecule has 0 bridgehead atoms. The summed E-state index contributed by atoms with van der Waals surface area (Å²) in [4.78, 5) is 44.5. The van der Waals surface area contributed by atoms with E-state index in [0.29, 0.717) is 12.2 Å². The van der Waals surface area contributed by atoms with Gasteiger partial charge in [0.1, 0.15) is 21.8 Å². The van der Waals surface area contributed by atoms with Gasteiger partial charge in [-0.2, -0.15) is 0 Å². The number of rotatable bonds is 6. The molecule has 10 heteroatoms. The zero-order valence-electron chi connectivity index (χ0n) is 21.6. The average Bonchev–Trinajstić information content (AvgIpc) is 3.50. The lowest BCUT2D eigenvalue weighted by atomic mass is 9.99. The van der Waals surface area contributed by atoms with Crippen LogP contribution in [0.15, 0.2) is 65.8 Å². The quantitative estimate of drug-likeness (QED) is 0.414. The molecule has 39 heavy (non-hydrogen) atoms. The molecule has 2 unspecified atom stereocenters. The SMILES string of the molecule is CC(=O)N[C@@H]1CC[C@H](NC(=O)C2Sc3nccc4c3C2NC(=O)N4c2ccc(Oc3ccccc3)cc2C)C1. The largest absolute Gasteiger partial charge is 0.457 e. The molecule has 0 spiro atoms. The third-order valence-electron chi connectivity index (χ3n) is 7.34. The Labute approximate surface area is 230 Å². The van der Waals surface area contributed by atoms with Crippen molar-refractivity contribution in [2.45, 2.75) is 61.5 Å². The van der Waals surface area contributed by atoms with E-state index >= 15 is 0 Å². The van der Waals surface area contributed by atoms with Crippen molar-refractivity contribution in [1.82, 2.24) is 20.9 Å². The first-order chi connectivity index (χ1) is 18.9. The molecule has 0 radical (unpaired) electrons. The van der Waals surface area contributed by atoms with Crippen LogP contribution >= 0.6 is 11.8 Å². The molecule has 2 aromatic carbocycles. The van der Waals surface area contributed by atoms with E-state index in [2.05, 4.69) is 20.9 Å². The molecule has 9 nitrogen and oxygen atoms in total. The molecule has 4 amide bonds. The van der Waals surface area contributed by atoms with Gasteiger partial charge in [-0.25, -0.2) is 9.78 Å². The molecule has 1 fully saturated rings. The fourth-order valence-electron chi connectivity index (χ4n) is 5.65. The number of hydrogen-bond donors (Lipinski definition) is 3. The summed E-state index contributed by atoms with van der Waals surface area (Å²) in [5.74, 6) is 1.22. The molecule has 2 aliphatic heterocycles. The molecule has 200 valence electrons. The molecule has 6 rings (SSSR count). The van der Waals surface area contributed by atoms with Gasteiger partial charge in [0.05, 0.1) is 17.4 Å². The third kappa shape index (κ3) is 4.92. The van der Waals surface area contributed by atoms with E-state index in [0.717, 1.165) is 46.1 Å². The Hall–Kier alpha value is -4.05. The van der Waals surface area contributed by atoms with Crippen molar-refractivity contribution in [1.29, 1.82) is 0 Å². The van der Waals surface area contributed by atoms with Crippen molar-refractivity contribution in [2.24, 2.45) is 0 Å². The van der Waals surface area contributed by atoms with Gasteiger partial charge in [-0.1, -0.05) is 30.0 Å². The van der Waals surface area contributed by atoms with Gasteiger partial charge in [-0.15, -0.1) is 0 Å². The number of amides is 4. The molecule has 3 aliphatic rings. The monoisotopic (exact) mass is 543 g/mol. The maximum Gasteiger partial charge on any atom is 0.327 e. The highest BCUT2D eigenvalue weighted by Crippen LogP contribution is 2.51. The first-order valence-electron chi connectivity index (χ1n) is 13.0. The number of aryl methyl sites for hydroxylation is 1. The van der Waals surface area contributed by atoms with Crippen molar-refractivity contribution in [3.8, 4) is 11.5 Å². The Balaban J connectivity index is 1.22. The number of thioether (sulfide) groups is 1. The molecule has 0 saturated heterocycles. The smallest absolute Gasteiger partial charge is 0.327 e. The van der Waals surface area contributed by atoms with Crippen LogP contribution in [0.4, 0.5) is 16.2 Å². The first kappa shape index (κ1) is 25.2. The second-order valence-corrected chi connectivity index (χ2v) is 11.3. The lowest BCUT2D eigenvalue weighted by molar-refractivity contribution is -0.121. The number of carbonyl (C=O) groups excluding carboxylic acids is 3. The zero-order chi connectivity index (χ0) is 27.1. The number of pyridine rings is 1. The highest BCUT2D eigenvalue weighted by molar-refractivity contribution is 8.01. The number of nitrogens with zero attached hydrogens (tertiary/aromatic N) is 2. The Bertz CT molecular complexity index is 1450. The van der Waals surface area contributed by atoms with Gasteiger partial charge in [0.25, 0.3) is 0 Å². The summed E-state index contributed by atoms with van der Waals surface area (Å²) in [6.45, 7) is 3.45. The minimum Gasteiger partial charge on any atom is -0.457 e. The summed E-state index contributed by atoms with van der Waals surface area (Å²) in [5.41, 5.74) is 3.18. The highest BCUT2D eigenvalue weighted by Gasteiger charge is 2.47. The fraction of sp³-hybridized carbons (Fsp3) is 0.310. The minimum absolute atomic E-state index is 0.0128. The molecule has 3 heterocycles. The van der Waals surface area contributed by atoms with Crippen LogP contribution in [0.5, 0.6) is 11.5 Å². The number of hydrogen-bond acceptors (Lipinski definition) is 6. The second-order valence-electron chi connectivity index (χ2n) is 10.1. The number of para-hydroxylation sites is 1. The summed E-state index contributed by atoms with van der Waals surface area (Å²) >= 11 is 1.38. The summed E-state index contributed by atoms with van der Waals surface area (Å²) in [6.07, 6.45) is 4.02. The normalized spacial score (nSPS) is 23.1. The van der Waals surface area contributed by atoms with Crippen LogP contribution in [0, 0.1) is 6.92 Å². The van der Waals surface area contributed by atoms with Gasteiger partial charge in [-0.05, 0) is 68.1 Å². The predicted molar refractivity (Wildman–Crippen MR) is 148 cm³/mol. The standard InChI is InChI=1S/C29H29N5O4S/c1-16-14-21(38-20-6-4-3-5-7-20)10-11-22(16)34-23-12-13-30-28-24(23)25(33-29(34)37)26(39-28)27(36)32-19-9-8-18(15-19)31-17(2)35/h3-7,10-14,18-19,25-26H,8-9,15H2,1-2H3,(H,31,35)(H,32,36)(H,33,37)/t18-,19+,25?,26?/m1/s1. The summed E-state index contributed by atoms with van der Waals surface area (Å²) in [6, 6.07) is 16.3. The van der Waals surface area contributed by atoms with Gasteiger partial charge < -0.3 is 20.7 Å². The number of ether oxygens (including phenoxy) is 1. The van der Waals surface area contributed by atoms with Crippen LogP contribution in [0.3, 0.4) is 0 Å². The van der Waals surface area contributed by atoms with Crippen LogP contribution < -0.4 is 25.6 Å². The minimum atomic E-state index is -0.526. The Morgan fingerprint density at radius 3 is 2.54 bits per heavy atom. The molecule has 1 aromatic heterocycles. The van der Waals surface area contributed by atoms with E-state index in [9.17, 15) is 14.4 Å². The van der Waals surface area contributed by atoms with Gasteiger partial charge >= 0.3 is 6.03 Å². The van der Waals surface area contributed by atoms with E-state index < -0.39 is 11.3 Å². The second kappa shape index (κ2) is 10.3. The third-order valence-corrected chi connectivity index (χ3v) is 8.63. The van der Waals surface area contributed by atoms with Gasteiger partial charge in [0.2, 0.25) is 11.8 Å². The van der Waals surface area contributed by atoms with Crippen molar-refractivity contribution < 1.29 is 19.1 Å². The van der Waals surface area contributed by atoms with Gasteiger partial charge in [-0.3, -0.25) is 14.5 Å². The van der Waals surface area contributed by atoms with Crippen LogP contribution in [-0.2, 0) is 9.59 Å². The lowest BCUT2D eigenvalue weighted by Gasteiger charge is -2.35. The van der Waals surface area contributed by atoms with Crippen LogP contribution in [0.1, 0.15) is 43.4 Å². The summed E-state index contributed by atoms with van der Waals surface area (Å²) in [7, 11) is 0. The van der Waals surface area contributed by atoms with Gasteiger partial charge in [0.15, 0.2) is 0 Å². The first-order valence-corrected chi connectivity index (χ1v) is 13.9. The predicted octanol–water partition coefficient (Wildman–Crippen LogP) is 4.73. The molecule has 1 saturated carbocycles. The highest BCUT2D eigenvalue weighted by atomic mass is 32.2. The summed E-state index contributed by atoms with van der Waals surface area (Å²) < 4.78 is 5.97. The van der Waals surface area contributed by atoms with Crippen molar-refractivity contribution >= 4 is 41.0 Å². The average molecular weight is 544 g/mol. The zero-order valence-corrected chi connectivity index (χ0v) is 22.5. The number of carbonyl (C=O) groups is 3. The molecular weight excluding hydrogens is 514 g/mol. The lowest BCUT2D eigenvalue weighted by Crippen LogP contribution is -2.50. The van der Waals surface area contributed by atoms with E-state index in [1.807, 2.05) is 61.5 Å². The maximum atomic E-state index is 13.5. The van der Waals surface area contributed by atoms with E-state index in [-0.39, 0.29) is 29.9 Å². The Morgan fingerprint density at radius 2 is 1.79 bits per heavy atom. The molecule has 1 aliphatic carbocycles. The fourth-order valence-corrected chi connectivity index (χ4v) is 6.88. The van der Waals surface area contributed by atoms with E-state index in [1.54, 1.807) is 11.1 Å². The van der Waals surface area contributed by atoms with Crippen molar-refractivity contribution in [2.75, 3.05) is 4.90 Å². The molecule has 3 N–H and O–H groups in total. The Morgan fingerprint density at radius 1 is 1.03 bits per heavy atom. The van der Waals surface area contributed by atoms with Gasteiger partial charge in [0, 0.05) is 30.8 Å². The molecule has 3 aromatic rings. The summed E-state index contributed by atoms with van der Waals surface area (Å²) in [5, 5.41) is 9.37. The van der Waals surface area contributed by atoms with Crippen molar-refractivity contribution in [3.05, 3.63) is 71.9 Å². The number of urea groups is 1. The topological polar surface area (TPSA) is 113 Å². The molecular formula is C29H29N5O4S. The number of aromatic nitrogens is 1. The van der Waals surface area contributed by atoms with Crippen molar-refractivity contribution in [3.63, 3.8) is 0 Å². The number of nitrogens with one attached hydrogen (secondary N) is 3. The Kier molecular flexibility index (Phi) is 6.64.